The summed E-state index contributed by atoms with van der Waals surface area (Å²) in [5.41, 5.74) is 4.08. The van der Waals surface area contributed by atoms with Gasteiger partial charge in [0.25, 0.3) is 0 Å². The van der Waals surface area contributed by atoms with Crippen molar-refractivity contribution >= 4 is 10.9 Å². The molecular weight excluding hydrogens is 296 g/mol. The van der Waals surface area contributed by atoms with Crippen LogP contribution in [0.5, 0.6) is 5.75 Å². The van der Waals surface area contributed by atoms with E-state index < -0.39 is 0 Å². The molecule has 0 saturated carbocycles. The predicted octanol–water partition coefficient (Wildman–Crippen LogP) is 5.28. The van der Waals surface area contributed by atoms with Crippen molar-refractivity contribution < 1.29 is 4.74 Å². The molecule has 0 aliphatic heterocycles. The van der Waals surface area contributed by atoms with Crippen molar-refractivity contribution in [3.8, 4) is 5.75 Å². The third kappa shape index (κ3) is 4.32. The van der Waals surface area contributed by atoms with Crippen LogP contribution in [0.15, 0.2) is 18.2 Å². The zero-order valence-corrected chi connectivity index (χ0v) is 16.4. The maximum absolute atomic E-state index is 6.05. The Balaban J connectivity index is 2.48. The van der Waals surface area contributed by atoms with Crippen LogP contribution in [0.2, 0.25) is 0 Å². The molecule has 3 heteroatoms. The van der Waals surface area contributed by atoms with E-state index in [2.05, 4.69) is 76.5 Å². The van der Waals surface area contributed by atoms with Crippen LogP contribution in [-0.4, -0.2) is 16.7 Å². The van der Waals surface area contributed by atoms with Gasteiger partial charge >= 0.3 is 0 Å². The first kappa shape index (κ1) is 18.9. The quantitative estimate of drug-likeness (QED) is 0.712. The molecule has 1 unspecified atom stereocenters. The second-order valence-corrected chi connectivity index (χ2v) is 7.62. The van der Waals surface area contributed by atoms with Gasteiger partial charge in [-0.25, -0.2) is 0 Å². The van der Waals surface area contributed by atoms with E-state index in [0.29, 0.717) is 12.0 Å². The van der Waals surface area contributed by atoms with Gasteiger partial charge in [-0.2, -0.15) is 0 Å². The highest BCUT2D eigenvalue weighted by Gasteiger charge is 2.16. The molecule has 1 atom stereocenters. The maximum atomic E-state index is 6.05. The summed E-state index contributed by atoms with van der Waals surface area (Å²) in [5, 5.41) is 4.90. The number of fused-ring (bicyclic) bond motifs is 1. The lowest BCUT2D eigenvalue weighted by molar-refractivity contribution is 0.217. The van der Waals surface area contributed by atoms with Gasteiger partial charge in [-0.1, -0.05) is 34.6 Å². The minimum Gasteiger partial charge on any atom is -0.491 e. The van der Waals surface area contributed by atoms with Gasteiger partial charge in [-0.3, -0.25) is 0 Å². The van der Waals surface area contributed by atoms with Gasteiger partial charge in [0.1, 0.15) is 5.75 Å². The van der Waals surface area contributed by atoms with Crippen molar-refractivity contribution in [2.45, 2.75) is 80.1 Å². The summed E-state index contributed by atoms with van der Waals surface area (Å²) in [6.07, 6.45) is 1.27. The molecule has 0 amide bonds. The third-order valence-corrected chi connectivity index (χ3v) is 4.57. The van der Waals surface area contributed by atoms with Crippen LogP contribution in [0.4, 0.5) is 0 Å². The maximum Gasteiger partial charge on any atom is 0.120 e. The molecule has 0 bridgehead atoms. The minimum atomic E-state index is 0.249. The monoisotopic (exact) mass is 330 g/mol. The van der Waals surface area contributed by atoms with E-state index in [1.807, 2.05) is 0 Å². The Bertz CT molecular complexity index is 670. The Hall–Kier alpha value is -1.48. The van der Waals surface area contributed by atoms with Crippen LogP contribution >= 0.6 is 0 Å². The van der Waals surface area contributed by atoms with Crippen molar-refractivity contribution in [1.29, 1.82) is 0 Å². The summed E-state index contributed by atoms with van der Waals surface area (Å²) in [5.74, 6) is 1.60. The molecule has 24 heavy (non-hydrogen) atoms. The average Bonchev–Trinajstić information content (AvgIpc) is 2.76. The fourth-order valence-electron chi connectivity index (χ4n) is 3.05. The fraction of sp³-hybridized carbons (Fsp3) is 0.619. The first-order chi connectivity index (χ1) is 11.3. The molecule has 0 radical (unpaired) electrons. The molecular formula is C21H34N2O. The van der Waals surface area contributed by atoms with Crippen molar-refractivity contribution in [3.05, 3.63) is 29.5 Å². The average molecular weight is 331 g/mol. The highest BCUT2D eigenvalue weighted by Crippen LogP contribution is 2.30. The summed E-state index contributed by atoms with van der Waals surface area (Å²) < 4.78 is 8.52. The molecule has 3 nitrogen and oxygen atoms in total. The Morgan fingerprint density at radius 2 is 1.83 bits per heavy atom. The van der Waals surface area contributed by atoms with Gasteiger partial charge in [0.05, 0.1) is 6.10 Å². The highest BCUT2D eigenvalue weighted by atomic mass is 16.5. The summed E-state index contributed by atoms with van der Waals surface area (Å²) in [7, 11) is 0. The lowest BCUT2D eigenvalue weighted by Gasteiger charge is -2.13. The normalized spacial score (nSPS) is 13.2. The number of nitrogens with zero attached hydrogens (tertiary/aromatic N) is 1. The smallest absolute Gasteiger partial charge is 0.120 e. The molecule has 134 valence electrons. The first-order valence-electron chi connectivity index (χ1n) is 9.35. The van der Waals surface area contributed by atoms with Gasteiger partial charge in [-0.05, 0) is 49.9 Å². The van der Waals surface area contributed by atoms with Crippen LogP contribution in [0.1, 0.15) is 59.2 Å². The predicted molar refractivity (Wildman–Crippen MR) is 104 cm³/mol. The second-order valence-electron chi connectivity index (χ2n) is 7.62. The largest absolute Gasteiger partial charge is 0.491 e. The van der Waals surface area contributed by atoms with E-state index in [4.69, 9.17) is 4.74 Å². The molecule has 0 spiro atoms. The van der Waals surface area contributed by atoms with Gasteiger partial charge in [0, 0.05) is 35.7 Å². The summed E-state index contributed by atoms with van der Waals surface area (Å²) in [4.78, 5) is 0. The zero-order chi connectivity index (χ0) is 17.9. The van der Waals surface area contributed by atoms with Gasteiger partial charge in [0.2, 0.25) is 0 Å². The van der Waals surface area contributed by atoms with E-state index in [9.17, 15) is 0 Å². The third-order valence-electron chi connectivity index (χ3n) is 4.57. The van der Waals surface area contributed by atoms with Gasteiger partial charge in [0.15, 0.2) is 0 Å². The molecule has 0 aliphatic carbocycles. The topological polar surface area (TPSA) is 26.2 Å². The number of ether oxygens (including phenoxy) is 1. The summed E-state index contributed by atoms with van der Waals surface area (Å²) in [6, 6.07) is 7.04. The van der Waals surface area contributed by atoms with Crippen LogP contribution in [-0.2, 0) is 13.1 Å². The van der Waals surface area contributed by atoms with E-state index in [-0.39, 0.29) is 6.10 Å². The summed E-state index contributed by atoms with van der Waals surface area (Å²) >= 11 is 0. The second kappa shape index (κ2) is 8.06. The lowest BCUT2D eigenvalue weighted by atomic mass is 10.1. The molecule has 2 rings (SSSR count). The SMILES string of the molecule is CCC(C)Oc1ccc2c(c1)c(CNC(C)C)c(C)n2CC(C)C. The molecule has 1 heterocycles. The Kier molecular flexibility index (Phi) is 6.34. The van der Waals surface area contributed by atoms with Crippen molar-refractivity contribution in [2.75, 3.05) is 0 Å². The highest BCUT2D eigenvalue weighted by molar-refractivity contribution is 5.87. The van der Waals surface area contributed by atoms with Crippen molar-refractivity contribution in [3.63, 3.8) is 0 Å². The van der Waals surface area contributed by atoms with Gasteiger partial charge in [-0.15, -0.1) is 0 Å². The summed E-state index contributed by atoms with van der Waals surface area (Å²) in [6.45, 7) is 17.4. The molecule has 1 aromatic heterocycles. The number of rotatable bonds is 8. The van der Waals surface area contributed by atoms with Crippen molar-refractivity contribution in [2.24, 2.45) is 5.92 Å². The van der Waals surface area contributed by atoms with Crippen LogP contribution in [0.25, 0.3) is 10.9 Å². The van der Waals surface area contributed by atoms with Crippen LogP contribution < -0.4 is 10.1 Å². The lowest BCUT2D eigenvalue weighted by Crippen LogP contribution is -2.22. The molecule has 0 fully saturated rings. The zero-order valence-electron chi connectivity index (χ0n) is 16.4. The van der Waals surface area contributed by atoms with E-state index in [1.54, 1.807) is 0 Å². The van der Waals surface area contributed by atoms with E-state index in [0.717, 1.165) is 25.3 Å². The van der Waals surface area contributed by atoms with Crippen LogP contribution in [0, 0.1) is 12.8 Å². The molecule has 2 aromatic rings. The number of nitrogens with one attached hydrogen (secondary N) is 1. The molecule has 0 aliphatic rings. The van der Waals surface area contributed by atoms with E-state index >= 15 is 0 Å². The number of aromatic nitrogens is 1. The fourth-order valence-corrected chi connectivity index (χ4v) is 3.05. The van der Waals surface area contributed by atoms with E-state index in [1.165, 1.54) is 22.2 Å². The van der Waals surface area contributed by atoms with Gasteiger partial charge < -0.3 is 14.6 Å². The Morgan fingerprint density at radius 3 is 2.42 bits per heavy atom. The molecule has 1 aromatic carbocycles. The standard InChI is InChI=1S/C21H34N2O/c1-8-16(6)24-18-9-10-21-19(11-18)20(12-22-15(4)5)17(7)23(21)13-14(2)3/h9-11,14-16,22H,8,12-13H2,1-7H3. The first-order valence-corrected chi connectivity index (χ1v) is 9.35. The minimum absolute atomic E-state index is 0.249. The number of hydrogen-bond acceptors (Lipinski definition) is 2. The molecule has 1 N–H and O–H groups in total. The van der Waals surface area contributed by atoms with Crippen molar-refractivity contribution in [1.82, 2.24) is 9.88 Å². The Labute approximate surface area is 147 Å². The Morgan fingerprint density at radius 1 is 1.12 bits per heavy atom. The van der Waals surface area contributed by atoms with Crippen LogP contribution in [0.3, 0.4) is 0 Å². The number of benzene rings is 1. The number of hydrogen-bond donors (Lipinski definition) is 1. The molecule has 0 saturated heterocycles.